The molecule has 0 amide bonds. The largest absolute Gasteiger partial charge is 0.479 e. The van der Waals surface area contributed by atoms with E-state index in [1.807, 2.05) is 16.2 Å². The second-order valence-corrected chi connectivity index (χ2v) is 4.66. The highest BCUT2D eigenvalue weighted by molar-refractivity contribution is 7.71. The fraction of sp³-hybridized carbons (Fsp3) is 0.364. The van der Waals surface area contributed by atoms with Gasteiger partial charge in [-0.25, -0.2) is 4.98 Å². The summed E-state index contributed by atoms with van der Waals surface area (Å²) in [7, 11) is 3.48. The molecule has 0 unspecified atom stereocenters. The zero-order valence-corrected chi connectivity index (χ0v) is 11.9. The summed E-state index contributed by atoms with van der Waals surface area (Å²) in [6.07, 6.45) is 3.85. The fourth-order valence-corrected chi connectivity index (χ4v) is 2.33. The van der Waals surface area contributed by atoms with Crippen molar-refractivity contribution in [3.8, 4) is 5.88 Å². The lowest BCUT2D eigenvalue weighted by atomic mass is 10.4. The number of nitrogens with one attached hydrogen (secondary N) is 1. The minimum Gasteiger partial charge on any atom is -0.479 e. The predicted molar refractivity (Wildman–Crippen MR) is 74.0 cm³/mol. The number of imidazole rings is 1. The lowest BCUT2D eigenvalue weighted by molar-refractivity contribution is 0.401. The van der Waals surface area contributed by atoms with Gasteiger partial charge in [-0.3, -0.25) is 0 Å². The molecule has 3 aromatic heterocycles. The first-order valence-electron chi connectivity index (χ1n) is 6.01. The molecule has 0 saturated heterocycles. The van der Waals surface area contributed by atoms with Gasteiger partial charge >= 0.3 is 0 Å². The summed E-state index contributed by atoms with van der Waals surface area (Å²) < 4.78 is 9.57. The Morgan fingerprint density at radius 2 is 2.25 bits per heavy atom. The zero-order valence-electron chi connectivity index (χ0n) is 11.1. The molecule has 1 N–H and O–H groups in total. The quantitative estimate of drug-likeness (QED) is 0.718. The lowest BCUT2D eigenvalue weighted by Crippen LogP contribution is -2.06. The Hall–Kier alpha value is -2.29. The van der Waals surface area contributed by atoms with E-state index in [1.165, 1.54) is 6.33 Å². The molecule has 0 radical (unpaired) electrons. The Labute approximate surface area is 119 Å². The van der Waals surface area contributed by atoms with Crippen LogP contribution < -0.4 is 4.74 Å². The van der Waals surface area contributed by atoms with Crippen LogP contribution >= 0.6 is 12.2 Å². The average Bonchev–Trinajstić information content (AvgIpc) is 2.99. The summed E-state index contributed by atoms with van der Waals surface area (Å²) >= 11 is 5.33. The van der Waals surface area contributed by atoms with E-state index in [9.17, 15) is 0 Å². The minimum atomic E-state index is 0.485. The first-order valence-corrected chi connectivity index (χ1v) is 6.42. The van der Waals surface area contributed by atoms with Crippen molar-refractivity contribution in [2.45, 2.75) is 13.0 Å². The fourth-order valence-electron chi connectivity index (χ4n) is 2.05. The Kier molecular flexibility index (Phi) is 3.18. The number of aromatic nitrogens is 7. The van der Waals surface area contributed by atoms with Crippen LogP contribution in [0.4, 0.5) is 0 Å². The molecule has 0 aliphatic rings. The number of aromatic amines is 1. The lowest BCUT2D eigenvalue weighted by Gasteiger charge is -2.04. The van der Waals surface area contributed by atoms with Gasteiger partial charge in [0.25, 0.3) is 0 Å². The summed E-state index contributed by atoms with van der Waals surface area (Å²) in [5.74, 6) is 1.38. The van der Waals surface area contributed by atoms with Gasteiger partial charge in [-0.05, 0) is 12.2 Å². The number of ether oxygens (including phenoxy) is 1. The first kappa shape index (κ1) is 12.7. The predicted octanol–water partition coefficient (Wildman–Crippen LogP) is 0.869. The van der Waals surface area contributed by atoms with Gasteiger partial charge in [0.15, 0.2) is 10.4 Å². The van der Waals surface area contributed by atoms with Crippen LogP contribution in [0.25, 0.3) is 11.2 Å². The summed E-state index contributed by atoms with van der Waals surface area (Å²) in [6.45, 7) is 0.658. The molecule has 0 aliphatic heterocycles. The highest BCUT2D eigenvalue weighted by atomic mass is 32.1. The van der Waals surface area contributed by atoms with Gasteiger partial charge in [0.1, 0.15) is 24.0 Å². The third-order valence-electron chi connectivity index (χ3n) is 3.08. The Morgan fingerprint density at radius 1 is 1.40 bits per heavy atom. The topological polar surface area (TPSA) is 86.4 Å². The van der Waals surface area contributed by atoms with Crippen LogP contribution in [-0.2, 0) is 20.0 Å². The van der Waals surface area contributed by atoms with Gasteiger partial charge in [0.05, 0.1) is 7.11 Å². The molecule has 8 nitrogen and oxygen atoms in total. The molecule has 3 rings (SSSR count). The third-order valence-corrected chi connectivity index (χ3v) is 3.41. The normalized spacial score (nSPS) is 11.1. The van der Waals surface area contributed by atoms with Crippen LogP contribution in [0, 0.1) is 4.77 Å². The molecule has 104 valence electrons. The molecule has 0 aliphatic carbocycles. The summed E-state index contributed by atoms with van der Waals surface area (Å²) in [5, 5.41) is 7.91. The monoisotopic (exact) mass is 291 g/mol. The number of nitrogens with zero attached hydrogens (tertiary/aromatic N) is 6. The van der Waals surface area contributed by atoms with Gasteiger partial charge in [0.2, 0.25) is 5.88 Å². The van der Waals surface area contributed by atoms with Gasteiger partial charge < -0.3 is 18.9 Å². The van der Waals surface area contributed by atoms with Crippen LogP contribution in [0.5, 0.6) is 5.88 Å². The van der Waals surface area contributed by atoms with Crippen molar-refractivity contribution < 1.29 is 4.74 Å². The van der Waals surface area contributed by atoms with E-state index in [0.29, 0.717) is 29.1 Å². The second-order valence-electron chi connectivity index (χ2n) is 4.27. The van der Waals surface area contributed by atoms with Gasteiger partial charge in [-0.1, -0.05) is 0 Å². The van der Waals surface area contributed by atoms with Crippen LogP contribution in [0.2, 0.25) is 0 Å². The maximum absolute atomic E-state index is 5.33. The molecule has 0 spiro atoms. The number of fused-ring (bicyclic) bond motifs is 1. The molecular weight excluding hydrogens is 278 g/mol. The SMILES string of the molecule is COc1ncnc2c1[nH]c(=S)n2CCc1nncn1C. The number of methoxy groups -OCH3 is 1. The number of hydrogen-bond donors (Lipinski definition) is 1. The van der Waals surface area contributed by atoms with Crippen molar-refractivity contribution in [1.29, 1.82) is 0 Å². The smallest absolute Gasteiger partial charge is 0.242 e. The van der Waals surface area contributed by atoms with Gasteiger partial charge in [-0.2, -0.15) is 4.98 Å². The number of aryl methyl sites for hydroxylation is 3. The number of rotatable bonds is 4. The second kappa shape index (κ2) is 5.00. The standard InChI is InChI=1S/C11H13N7OS/c1-17-6-14-16-7(17)3-4-18-9-8(15-11(18)20)10(19-2)13-5-12-9/h5-6H,3-4H2,1-2H3,(H,15,20). The molecule has 3 heterocycles. The molecule has 0 atom stereocenters. The number of H-pyrrole nitrogens is 1. The van der Waals surface area contributed by atoms with Gasteiger partial charge in [0, 0.05) is 20.0 Å². The average molecular weight is 291 g/mol. The number of hydrogen-bond acceptors (Lipinski definition) is 6. The van der Waals surface area contributed by atoms with Crippen LogP contribution in [0.3, 0.4) is 0 Å². The van der Waals surface area contributed by atoms with Crippen molar-refractivity contribution in [2.24, 2.45) is 7.05 Å². The van der Waals surface area contributed by atoms with Crippen molar-refractivity contribution >= 4 is 23.4 Å². The van der Waals surface area contributed by atoms with E-state index in [-0.39, 0.29) is 0 Å². The maximum atomic E-state index is 5.33. The van der Waals surface area contributed by atoms with E-state index in [0.717, 1.165) is 11.5 Å². The molecule has 3 aromatic rings. The molecule has 0 saturated carbocycles. The van der Waals surface area contributed by atoms with Gasteiger partial charge in [-0.15, -0.1) is 10.2 Å². The van der Waals surface area contributed by atoms with Crippen molar-refractivity contribution in [1.82, 2.24) is 34.3 Å². The Morgan fingerprint density at radius 3 is 2.95 bits per heavy atom. The highest BCUT2D eigenvalue weighted by Crippen LogP contribution is 2.20. The van der Waals surface area contributed by atoms with Crippen molar-refractivity contribution in [3.63, 3.8) is 0 Å². The molecule has 0 aromatic carbocycles. The summed E-state index contributed by atoms with van der Waals surface area (Å²) in [4.78, 5) is 11.4. The van der Waals surface area contributed by atoms with Crippen LogP contribution in [-0.4, -0.2) is 41.4 Å². The van der Waals surface area contributed by atoms with E-state index >= 15 is 0 Å². The van der Waals surface area contributed by atoms with E-state index < -0.39 is 0 Å². The van der Waals surface area contributed by atoms with Crippen molar-refractivity contribution in [3.05, 3.63) is 23.3 Å². The molecule has 0 fully saturated rings. The maximum Gasteiger partial charge on any atom is 0.242 e. The Bertz CT molecular complexity index is 803. The van der Waals surface area contributed by atoms with Crippen LogP contribution in [0.1, 0.15) is 5.82 Å². The molecular formula is C11H13N7OS. The van der Waals surface area contributed by atoms with E-state index in [2.05, 4.69) is 25.1 Å². The summed E-state index contributed by atoms with van der Waals surface area (Å²) in [5.41, 5.74) is 1.43. The van der Waals surface area contributed by atoms with E-state index in [1.54, 1.807) is 13.4 Å². The Balaban J connectivity index is 1.98. The third kappa shape index (κ3) is 2.05. The molecule has 9 heteroatoms. The zero-order chi connectivity index (χ0) is 14.1. The van der Waals surface area contributed by atoms with Crippen molar-refractivity contribution in [2.75, 3.05) is 7.11 Å². The summed E-state index contributed by atoms with van der Waals surface area (Å²) in [6, 6.07) is 0. The minimum absolute atomic E-state index is 0.485. The molecule has 20 heavy (non-hydrogen) atoms. The highest BCUT2D eigenvalue weighted by Gasteiger charge is 2.12. The van der Waals surface area contributed by atoms with Crippen LogP contribution in [0.15, 0.2) is 12.7 Å². The first-order chi connectivity index (χ1) is 9.70. The van der Waals surface area contributed by atoms with E-state index in [4.69, 9.17) is 17.0 Å². The molecule has 0 bridgehead atoms.